The second-order valence-corrected chi connectivity index (χ2v) is 3.66. The summed E-state index contributed by atoms with van der Waals surface area (Å²) in [5, 5.41) is 8.61. The van der Waals surface area contributed by atoms with Gasteiger partial charge in [-0.15, -0.1) is 0 Å². The maximum absolute atomic E-state index is 10.5. The van der Waals surface area contributed by atoms with Crippen molar-refractivity contribution in [2.75, 3.05) is 6.61 Å². The second-order valence-electron chi connectivity index (χ2n) is 3.66. The number of aliphatic carboxylic acids is 1. The Balaban J connectivity index is 4.07. The first kappa shape index (κ1) is 11.4. The quantitative estimate of drug-likeness (QED) is 0.692. The Hall–Kier alpha value is -0.570. The Bertz CT molecular complexity index is 152. The molecule has 0 aliphatic carbocycles. The SMILES string of the molecule is CCOC(C)C(C)(C)CC(=O)O. The molecule has 1 unspecified atom stereocenters. The third kappa shape index (κ3) is 3.72. The van der Waals surface area contributed by atoms with E-state index in [0.717, 1.165) is 0 Å². The number of rotatable bonds is 5. The Morgan fingerprint density at radius 2 is 2.08 bits per heavy atom. The zero-order valence-electron chi connectivity index (χ0n) is 8.26. The first-order valence-corrected chi connectivity index (χ1v) is 4.23. The van der Waals surface area contributed by atoms with Crippen LogP contribution in [0.15, 0.2) is 0 Å². The molecule has 0 saturated carbocycles. The largest absolute Gasteiger partial charge is 0.481 e. The highest BCUT2D eigenvalue weighted by molar-refractivity contribution is 5.67. The first-order chi connectivity index (χ1) is 5.40. The summed E-state index contributed by atoms with van der Waals surface area (Å²) in [4.78, 5) is 10.5. The van der Waals surface area contributed by atoms with Gasteiger partial charge in [0.15, 0.2) is 0 Å². The third-order valence-corrected chi connectivity index (χ3v) is 2.12. The van der Waals surface area contributed by atoms with Gasteiger partial charge in [-0.25, -0.2) is 0 Å². The van der Waals surface area contributed by atoms with E-state index in [-0.39, 0.29) is 17.9 Å². The van der Waals surface area contributed by atoms with Crippen molar-refractivity contribution in [1.29, 1.82) is 0 Å². The topological polar surface area (TPSA) is 46.5 Å². The standard InChI is InChI=1S/C9H18O3/c1-5-12-7(2)9(3,4)6-8(10)11/h7H,5-6H2,1-4H3,(H,10,11). The van der Waals surface area contributed by atoms with Gasteiger partial charge in [0.05, 0.1) is 12.5 Å². The van der Waals surface area contributed by atoms with Crippen molar-refractivity contribution in [3.8, 4) is 0 Å². The number of hydrogen-bond donors (Lipinski definition) is 1. The van der Waals surface area contributed by atoms with Crippen molar-refractivity contribution in [2.45, 2.75) is 40.2 Å². The van der Waals surface area contributed by atoms with Gasteiger partial charge in [0.2, 0.25) is 0 Å². The van der Waals surface area contributed by atoms with Crippen LogP contribution in [0.4, 0.5) is 0 Å². The lowest BCUT2D eigenvalue weighted by molar-refractivity contribution is -0.141. The minimum absolute atomic E-state index is 0.0152. The molecule has 0 spiro atoms. The molecule has 72 valence electrons. The highest BCUT2D eigenvalue weighted by atomic mass is 16.5. The highest BCUT2D eigenvalue weighted by Crippen LogP contribution is 2.27. The molecule has 12 heavy (non-hydrogen) atoms. The van der Waals surface area contributed by atoms with Gasteiger partial charge in [-0.1, -0.05) is 13.8 Å². The summed E-state index contributed by atoms with van der Waals surface area (Å²) < 4.78 is 5.34. The van der Waals surface area contributed by atoms with E-state index in [0.29, 0.717) is 6.61 Å². The summed E-state index contributed by atoms with van der Waals surface area (Å²) in [6, 6.07) is 0. The van der Waals surface area contributed by atoms with E-state index in [1.165, 1.54) is 0 Å². The summed E-state index contributed by atoms with van der Waals surface area (Å²) in [5.41, 5.74) is -0.290. The molecule has 0 aliphatic rings. The van der Waals surface area contributed by atoms with Gasteiger partial charge >= 0.3 is 5.97 Å². The van der Waals surface area contributed by atoms with Crippen molar-refractivity contribution in [1.82, 2.24) is 0 Å². The molecule has 0 amide bonds. The first-order valence-electron chi connectivity index (χ1n) is 4.23. The van der Waals surface area contributed by atoms with E-state index in [4.69, 9.17) is 9.84 Å². The molecular weight excluding hydrogens is 156 g/mol. The Morgan fingerprint density at radius 3 is 2.42 bits per heavy atom. The van der Waals surface area contributed by atoms with E-state index in [2.05, 4.69) is 0 Å². The van der Waals surface area contributed by atoms with Gasteiger partial charge in [-0.2, -0.15) is 0 Å². The van der Waals surface area contributed by atoms with Crippen molar-refractivity contribution in [2.24, 2.45) is 5.41 Å². The van der Waals surface area contributed by atoms with E-state index in [1.54, 1.807) is 0 Å². The monoisotopic (exact) mass is 174 g/mol. The second kappa shape index (κ2) is 4.45. The normalized spacial score (nSPS) is 14.3. The van der Waals surface area contributed by atoms with Crippen LogP contribution in [-0.4, -0.2) is 23.8 Å². The zero-order valence-corrected chi connectivity index (χ0v) is 8.26. The molecule has 3 nitrogen and oxygen atoms in total. The van der Waals surface area contributed by atoms with Crippen molar-refractivity contribution >= 4 is 5.97 Å². The molecule has 1 atom stereocenters. The molecule has 3 heteroatoms. The number of carboxylic acids is 1. The van der Waals surface area contributed by atoms with Crippen LogP contribution < -0.4 is 0 Å². The number of ether oxygens (including phenoxy) is 1. The molecule has 0 heterocycles. The van der Waals surface area contributed by atoms with Crippen LogP contribution in [0.1, 0.15) is 34.1 Å². The minimum Gasteiger partial charge on any atom is -0.481 e. The predicted octanol–water partition coefficient (Wildman–Crippen LogP) is 1.91. The summed E-state index contributed by atoms with van der Waals surface area (Å²) in [7, 11) is 0. The van der Waals surface area contributed by atoms with E-state index >= 15 is 0 Å². The number of carboxylic acid groups (broad SMARTS) is 1. The Labute approximate surface area is 73.7 Å². The average molecular weight is 174 g/mol. The molecular formula is C9H18O3. The minimum atomic E-state index is -0.772. The third-order valence-electron chi connectivity index (χ3n) is 2.12. The molecule has 0 aromatic heterocycles. The molecule has 0 aliphatic heterocycles. The fraction of sp³-hybridized carbons (Fsp3) is 0.889. The van der Waals surface area contributed by atoms with Crippen molar-refractivity contribution < 1.29 is 14.6 Å². The van der Waals surface area contributed by atoms with Gasteiger partial charge in [0, 0.05) is 12.0 Å². The van der Waals surface area contributed by atoms with Gasteiger partial charge in [0.25, 0.3) is 0 Å². The molecule has 1 N–H and O–H groups in total. The van der Waals surface area contributed by atoms with Gasteiger partial charge < -0.3 is 9.84 Å². The van der Waals surface area contributed by atoms with Gasteiger partial charge in [0.1, 0.15) is 0 Å². The molecule has 0 aromatic carbocycles. The molecule has 0 aromatic rings. The lowest BCUT2D eigenvalue weighted by Crippen LogP contribution is -2.31. The van der Waals surface area contributed by atoms with E-state index in [1.807, 2.05) is 27.7 Å². The van der Waals surface area contributed by atoms with Crippen LogP contribution in [0.5, 0.6) is 0 Å². The Kier molecular flexibility index (Phi) is 4.24. The molecule has 0 bridgehead atoms. The van der Waals surface area contributed by atoms with Gasteiger partial charge in [-0.3, -0.25) is 4.79 Å². The maximum atomic E-state index is 10.5. The Morgan fingerprint density at radius 1 is 1.58 bits per heavy atom. The van der Waals surface area contributed by atoms with E-state index < -0.39 is 5.97 Å². The average Bonchev–Trinajstić information content (AvgIpc) is 1.85. The smallest absolute Gasteiger partial charge is 0.303 e. The van der Waals surface area contributed by atoms with Crippen LogP contribution in [0.25, 0.3) is 0 Å². The number of hydrogen-bond acceptors (Lipinski definition) is 2. The van der Waals surface area contributed by atoms with Gasteiger partial charge in [-0.05, 0) is 13.8 Å². The zero-order chi connectivity index (χ0) is 9.78. The van der Waals surface area contributed by atoms with Crippen molar-refractivity contribution in [3.05, 3.63) is 0 Å². The number of carbonyl (C=O) groups is 1. The lowest BCUT2D eigenvalue weighted by atomic mass is 9.84. The fourth-order valence-electron chi connectivity index (χ4n) is 1.01. The van der Waals surface area contributed by atoms with Crippen LogP contribution in [0.2, 0.25) is 0 Å². The summed E-state index contributed by atoms with van der Waals surface area (Å²) in [5.74, 6) is -0.772. The van der Waals surface area contributed by atoms with Crippen LogP contribution in [0.3, 0.4) is 0 Å². The molecule has 0 rings (SSSR count). The molecule has 0 radical (unpaired) electrons. The summed E-state index contributed by atoms with van der Waals surface area (Å²) in [6.45, 7) is 8.26. The van der Waals surface area contributed by atoms with Crippen LogP contribution >= 0.6 is 0 Å². The predicted molar refractivity (Wildman–Crippen MR) is 47.1 cm³/mol. The summed E-state index contributed by atoms with van der Waals surface area (Å²) >= 11 is 0. The van der Waals surface area contributed by atoms with Crippen LogP contribution in [-0.2, 0) is 9.53 Å². The fourth-order valence-corrected chi connectivity index (χ4v) is 1.01. The van der Waals surface area contributed by atoms with Crippen LogP contribution in [0, 0.1) is 5.41 Å². The highest BCUT2D eigenvalue weighted by Gasteiger charge is 2.28. The molecule has 0 saturated heterocycles. The van der Waals surface area contributed by atoms with E-state index in [9.17, 15) is 4.79 Å². The van der Waals surface area contributed by atoms with Crippen molar-refractivity contribution in [3.63, 3.8) is 0 Å². The molecule has 0 fully saturated rings. The maximum Gasteiger partial charge on any atom is 0.303 e. The lowest BCUT2D eigenvalue weighted by Gasteiger charge is -2.29. The summed E-state index contributed by atoms with van der Waals surface area (Å²) in [6.07, 6.45) is 0.132.